The van der Waals surface area contributed by atoms with Gasteiger partial charge in [0.05, 0.1) is 5.75 Å². The third-order valence-electron chi connectivity index (χ3n) is 3.62. The van der Waals surface area contributed by atoms with Crippen LogP contribution >= 0.6 is 0 Å². The summed E-state index contributed by atoms with van der Waals surface area (Å²) in [4.78, 5) is 4.51. The first-order valence-corrected chi connectivity index (χ1v) is 8.72. The van der Waals surface area contributed by atoms with E-state index in [4.69, 9.17) is 0 Å². The van der Waals surface area contributed by atoms with Gasteiger partial charge in [0.15, 0.2) is 0 Å². The number of likely N-dealkylation sites (N-methyl/N-ethyl adjacent to an activating group) is 1. The lowest BCUT2D eigenvalue weighted by Gasteiger charge is -2.32. The number of hydrogen-bond donors (Lipinski definition) is 1. The van der Waals surface area contributed by atoms with Gasteiger partial charge in [0.25, 0.3) is 0 Å². The van der Waals surface area contributed by atoms with E-state index in [0.29, 0.717) is 12.1 Å². The van der Waals surface area contributed by atoms with E-state index in [1.807, 2.05) is 0 Å². The van der Waals surface area contributed by atoms with E-state index < -0.39 is 10.0 Å². The molecule has 1 heterocycles. The highest BCUT2D eigenvalue weighted by Gasteiger charge is 2.15. The van der Waals surface area contributed by atoms with Gasteiger partial charge in [0.1, 0.15) is 5.82 Å². The van der Waals surface area contributed by atoms with Crippen LogP contribution in [0.3, 0.4) is 0 Å². The van der Waals surface area contributed by atoms with Crippen molar-refractivity contribution in [2.24, 2.45) is 0 Å². The maximum absolute atomic E-state index is 12.8. The smallest absolute Gasteiger partial charge is 0.215 e. The zero-order valence-electron chi connectivity index (χ0n) is 12.3. The van der Waals surface area contributed by atoms with Crippen molar-refractivity contribution in [3.63, 3.8) is 0 Å². The third kappa shape index (κ3) is 5.70. The molecular weight excluding hydrogens is 293 g/mol. The third-order valence-corrected chi connectivity index (χ3v) is 4.97. The van der Waals surface area contributed by atoms with Crippen LogP contribution in [0.15, 0.2) is 24.3 Å². The second kappa shape index (κ2) is 7.31. The van der Waals surface area contributed by atoms with Gasteiger partial charge in [-0.25, -0.2) is 17.5 Å². The Labute approximate surface area is 125 Å². The van der Waals surface area contributed by atoms with Gasteiger partial charge in [-0.1, -0.05) is 12.1 Å². The molecule has 5 nitrogen and oxygen atoms in total. The molecule has 1 aliphatic rings. The highest BCUT2D eigenvalue weighted by molar-refractivity contribution is 7.88. The zero-order valence-corrected chi connectivity index (χ0v) is 13.1. The fourth-order valence-electron chi connectivity index (χ4n) is 2.28. The summed E-state index contributed by atoms with van der Waals surface area (Å²) < 4.78 is 39.3. The molecule has 0 radical (unpaired) electrons. The second-order valence-corrected chi connectivity index (χ2v) is 7.23. The van der Waals surface area contributed by atoms with Gasteiger partial charge in [-0.05, 0) is 24.7 Å². The fourth-order valence-corrected chi connectivity index (χ4v) is 3.42. The van der Waals surface area contributed by atoms with Crippen molar-refractivity contribution >= 4 is 10.0 Å². The summed E-state index contributed by atoms with van der Waals surface area (Å²) in [7, 11) is -1.28. The van der Waals surface area contributed by atoms with Crippen LogP contribution in [-0.4, -0.2) is 64.5 Å². The van der Waals surface area contributed by atoms with Crippen LogP contribution in [-0.2, 0) is 15.8 Å². The van der Waals surface area contributed by atoms with Crippen molar-refractivity contribution in [1.82, 2.24) is 14.5 Å². The molecule has 1 fully saturated rings. The van der Waals surface area contributed by atoms with E-state index in [1.54, 1.807) is 0 Å². The summed E-state index contributed by atoms with van der Waals surface area (Å²) in [6.45, 7) is 5.10. The highest BCUT2D eigenvalue weighted by atomic mass is 32.2. The van der Waals surface area contributed by atoms with E-state index in [-0.39, 0.29) is 11.6 Å². The summed E-state index contributed by atoms with van der Waals surface area (Å²) in [5.74, 6) is -0.477. The van der Waals surface area contributed by atoms with Crippen molar-refractivity contribution in [3.05, 3.63) is 35.6 Å². The number of rotatable bonds is 6. The summed E-state index contributed by atoms with van der Waals surface area (Å²) in [5.41, 5.74) is 0.587. The molecule has 0 amide bonds. The van der Waals surface area contributed by atoms with Crippen LogP contribution in [0.2, 0.25) is 0 Å². The number of nitrogens with zero attached hydrogens (tertiary/aromatic N) is 2. The average molecular weight is 315 g/mol. The van der Waals surface area contributed by atoms with Crippen LogP contribution < -0.4 is 4.72 Å². The van der Waals surface area contributed by atoms with Crippen LogP contribution in [0, 0.1) is 5.82 Å². The molecule has 0 saturated carbocycles. The monoisotopic (exact) mass is 315 g/mol. The quantitative estimate of drug-likeness (QED) is 0.830. The summed E-state index contributed by atoms with van der Waals surface area (Å²) in [6.07, 6.45) is 0. The topological polar surface area (TPSA) is 52.6 Å². The number of nitrogens with one attached hydrogen (secondary N) is 1. The molecule has 0 unspecified atom stereocenters. The lowest BCUT2D eigenvalue weighted by molar-refractivity contribution is 0.156. The molecular formula is C14H22FN3O2S. The number of halogens is 1. The molecule has 1 saturated heterocycles. The van der Waals surface area contributed by atoms with Gasteiger partial charge in [-0.2, -0.15) is 0 Å². The lowest BCUT2D eigenvalue weighted by atomic mass is 10.2. The Morgan fingerprint density at radius 1 is 1.14 bits per heavy atom. The summed E-state index contributed by atoms with van der Waals surface area (Å²) >= 11 is 0. The molecule has 118 valence electrons. The molecule has 0 bridgehead atoms. The van der Waals surface area contributed by atoms with Gasteiger partial charge in [-0.3, -0.25) is 4.90 Å². The number of sulfonamides is 1. The Kier molecular flexibility index (Phi) is 5.69. The van der Waals surface area contributed by atoms with Crippen molar-refractivity contribution in [2.75, 3.05) is 46.3 Å². The predicted octanol–water partition coefficient (Wildman–Crippen LogP) is 0.493. The average Bonchev–Trinajstić information content (AvgIpc) is 2.43. The molecule has 1 aromatic rings. The van der Waals surface area contributed by atoms with Crippen molar-refractivity contribution in [2.45, 2.75) is 5.75 Å². The van der Waals surface area contributed by atoms with Gasteiger partial charge >= 0.3 is 0 Å². The number of hydrogen-bond acceptors (Lipinski definition) is 4. The molecule has 1 aromatic carbocycles. The van der Waals surface area contributed by atoms with Crippen molar-refractivity contribution < 1.29 is 12.8 Å². The molecule has 1 N–H and O–H groups in total. The molecule has 2 rings (SSSR count). The molecule has 0 spiro atoms. The highest BCUT2D eigenvalue weighted by Crippen LogP contribution is 2.06. The first-order chi connectivity index (χ1) is 9.94. The summed E-state index contributed by atoms with van der Waals surface area (Å²) in [5, 5.41) is 0. The molecule has 0 atom stereocenters. The number of benzene rings is 1. The van der Waals surface area contributed by atoms with Gasteiger partial charge < -0.3 is 4.90 Å². The predicted molar refractivity (Wildman–Crippen MR) is 81.0 cm³/mol. The SMILES string of the molecule is CN1CCN(CCNS(=O)(=O)Cc2ccc(F)cc2)CC1. The van der Waals surface area contributed by atoms with Crippen LogP contribution in [0.4, 0.5) is 4.39 Å². The normalized spacial score (nSPS) is 18.0. The van der Waals surface area contributed by atoms with E-state index in [9.17, 15) is 12.8 Å². The van der Waals surface area contributed by atoms with Gasteiger partial charge in [-0.15, -0.1) is 0 Å². The maximum atomic E-state index is 12.8. The van der Waals surface area contributed by atoms with E-state index in [0.717, 1.165) is 32.7 Å². The Morgan fingerprint density at radius 2 is 1.76 bits per heavy atom. The van der Waals surface area contributed by atoms with E-state index >= 15 is 0 Å². The van der Waals surface area contributed by atoms with Crippen molar-refractivity contribution in [1.29, 1.82) is 0 Å². The fraction of sp³-hybridized carbons (Fsp3) is 0.571. The Hall–Kier alpha value is -1.02. The van der Waals surface area contributed by atoms with E-state index in [2.05, 4.69) is 21.6 Å². The van der Waals surface area contributed by atoms with Crippen LogP contribution in [0.25, 0.3) is 0 Å². The first-order valence-electron chi connectivity index (χ1n) is 7.07. The molecule has 1 aliphatic heterocycles. The van der Waals surface area contributed by atoms with Crippen LogP contribution in [0.5, 0.6) is 0 Å². The maximum Gasteiger partial charge on any atom is 0.215 e. The first kappa shape index (κ1) is 16.4. The van der Waals surface area contributed by atoms with Gasteiger partial charge in [0.2, 0.25) is 10.0 Å². The van der Waals surface area contributed by atoms with Gasteiger partial charge in [0, 0.05) is 39.3 Å². The minimum atomic E-state index is -3.37. The lowest BCUT2D eigenvalue weighted by Crippen LogP contribution is -2.46. The van der Waals surface area contributed by atoms with Crippen molar-refractivity contribution in [3.8, 4) is 0 Å². The second-order valence-electron chi connectivity index (χ2n) is 5.42. The summed E-state index contributed by atoms with van der Waals surface area (Å²) in [6, 6.07) is 5.54. The Morgan fingerprint density at radius 3 is 2.38 bits per heavy atom. The Balaban J connectivity index is 1.75. The zero-order chi connectivity index (χ0) is 15.3. The minimum Gasteiger partial charge on any atom is -0.304 e. The standard InChI is InChI=1S/C14H22FN3O2S/c1-17-8-10-18(11-9-17)7-6-16-21(19,20)12-13-2-4-14(15)5-3-13/h2-5,16H,6-12H2,1H3. The minimum absolute atomic E-state index is 0.115. The number of piperazine rings is 1. The van der Waals surface area contributed by atoms with E-state index in [1.165, 1.54) is 24.3 Å². The molecule has 0 aromatic heterocycles. The molecule has 7 heteroatoms. The Bertz CT molecular complexity index is 540. The van der Waals surface area contributed by atoms with Crippen LogP contribution in [0.1, 0.15) is 5.56 Å². The molecule has 21 heavy (non-hydrogen) atoms. The molecule has 0 aliphatic carbocycles. The largest absolute Gasteiger partial charge is 0.304 e.